The van der Waals surface area contributed by atoms with E-state index in [1.807, 2.05) is 65.5 Å². The summed E-state index contributed by atoms with van der Waals surface area (Å²) in [4.78, 5) is 12.7. The predicted octanol–water partition coefficient (Wildman–Crippen LogP) is 5.45. The molecule has 0 N–H and O–H groups in total. The highest BCUT2D eigenvalue weighted by molar-refractivity contribution is 6.07. The first-order chi connectivity index (χ1) is 15.2. The normalized spacial score (nSPS) is 10.9. The summed E-state index contributed by atoms with van der Waals surface area (Å²) in [6.45, 7) is 0. The highest BCUT2D eigenvalue weighted by atomic mass is 16.5. The topological polar surface area (TPSA) is 53.4 Å². The first kappa shape index (κ1) is 20.2. The van der Waals surface area contributed by atoms with Crippen LogP contribution in [0.25, 0.3) is 23.0 Å². The molecule has 0 aliphatic carbocycles. The molecule has 3 aromatic carbocycles. The number of para-hydroxylation sites is 1. The zero-order valence-electron chi connectivity index (χ0n) is 17.4. The van der Waals surface area contributed by atoms with Crippen molar-refractivity contribution >= 4 is 11.9 Å². The quantitative estimate of drug-likeness (QED) is 0.300. The highest BCUT2D eigenvalue weighted by Gasteiger charge is 2.12. The fourth-order valence-electron chi connectivity index (χ4n) is 3.21. The Labute approximate surface area is 181 Å². The summed E-state index contributed by atoms with van der Waals surface area (Å²) in [6, 6.07) is 24.6. The number of methoxy groups -OCH3 is 2. The van der Waals surface area contributed by atoms with Gasteiger partial charge in [-0.15, -0.1) is 0 Å². The van der Waals surface area contributed by atoms with Crippen molar-refractivity contribution in [2.45, 2.75) is 0 Å². The Morgan fingerprint density at radius 3 is 2.06 bits per heavy atom. The number of benzene rings is 3. The third-order valence-electron chi connectivity index (χ3n) is 4.92. The number of ketones is 1. The molecule has 0 aliphatic heterocycles. The average molecular weight is 410 g/mol. The molecule has 0 unspecified atom stereocenters. The van der Waals surface area contributed by atoms with Gasteiger partial charge in [-0.1, -0.05) is 18.2 Å². The van der Waals surface area contributed by atoms with E-state index >= 15 is 0 Å². The van der Waals surface area contributed by atoms with Gasteiger partial charge in [-0.2, -0.15) is 5.10 Å². The Hall–Kier alpha value is -4.12. The highest BCUT2D eigenvalue weighted by Crippen LogP contribution is 2.27. The van der Waals surface area contributed by atoms with Gasteiger partial charge in [0.15, 0.2) is 5.78 Å². The molecule has 0 atom stereocenters. The monoisotopic (exact) mass is 410 g/mol. The molecule has 1 aromatic heterocycles. The average Bonchev–Trinajstić information content (AvgIpc) is 3.27. The van der Waals surface area contributed by atoms with Crippen LogP contribution >= 0.6 is 0 Å². The minimum absolute atomic E-state index is 0.0872. The van der Waals surface area contributed by atoms with E-state index in [0.29, 0.717) is 11.3 Å². The second-order valence-electron chi connectivity index (χ2n) is 6.87. The third kappa shape index (κ3) is 4.56. The van der Waals surface area contributed by atoms with Crippen molar-refractivity contribution in [1.29, 1.82) is 0 Å². The maximum absolute atomic E-state index is 12.7. The van der Waals surface area contributed by atoms with Gasteiger partial charge in [0, 0.05) is 22.9 Å². The molecule has 5 nitrogen and oxygen atoms in total. The Balaban J connectivity index is 1.69. The largest absolute Gasteiger partial charge is 0.497 e. The molecule has 0 aliphatic rings. The second-order valence-corrected chi connectivity index (χ2v) is 6.87. The number of hydrogen-bond acceptors (Lipinski definition) is 4. The number of hydrogen-bond donors (Lipinski definition) is 0. The van der Waals surface area contributed by atoms with Crippen molar-refractivity contribution in [1.82, 2.24) is 9.78 Å². The lowest BCUT2D eigenvalue weighted by molar-refractivity contribution is 0.104. The van der Waals surface area contributed by atoms with Crippen LogP contribution in [-0.4, -0.2) is 29.8 Å². The Kier molecular flexibility index (Phi) is 5.94. The van der Waals surface area contributed by atoms with Gasteiger partial charge in [-0.05, 0) is 72.8 Å². The van der Waals surface area contributed by atoms with E-state index in [-0.39, 0.29) is 5.78 Å². The molecule has 0 saturated carbocycles. The van der Waals surface area contributed by atoms with Gasteiger partial charge in [-0.25, -0.2) is 4.68 Å². The molecule has 1 heterocycles. The van der Waals surface area contributed by atoms with Crippen molar-refractivity contribution in [3.8, 4) is 28.4 Å². The third-order valence-corrected chi connectivity index (χ3v) is 4.92. The molecule has 0 amide bonds. The molecule has 31 heavy (non-hydrogen) atoms. The van der Waals surface area contributed by atoms with E-state index < -0.39 is 0 Å². The van der Waals surface area contributed by atoms with Gasteiger partial charge in [-0.3, -0.25) is 4.79 Å². The molecule has 4 aromatic rings. The molecule has 0 saturated heterocycles. The van der Waals surface area contributed by atoms with Gasteiger partial charge in [0.05, 0.1) is 25.6 Å². The molecule has 5 heteroatoms. The maximum atomic E-state index is 12.7. The molecule has 0 radical (unpaired) electrons. The first-order valence-electron chi connectivity index (χ1n) is 9.84. The summed E-state index contributed by atoms with van der Waals surface area (Å²) in [7, 11) is 3.24. The zero-order chi connectivity index (χ0) is 21.6. The van der Waals surface area contributed by atoms with Crippen molar-refractivity contribution < 1.29 is 14.3 Å². The molecule has 154 valence electrons. The van der Waals surface area contributed by atoms with Gasteiger partial charge in [0.2, 0.25) is 0 Å². The van der Waals surface area contributed by atoms with Crippen LogP contribution in [0, 0.1) is 0 Å². The zero-order valence-corrected chi connectivity index (χ0v) is 17.4. The van der Waals surface area contributed by atoms with E-state index in [2.05, 4.69) is 0 Å². The number of rotatable bonds is 7. The van der Waals surface area contributed by atoms with E-state index in [4.69, 9.17) is 14.6 Å². The number of carbonyl (C=O) groups excluding carboxylic acids is 1. The number of carbonyl (C=O) groups is 1. The van der Waals surface area contributed by atoms with E-state index in [1.165, 1.54) is 0 Å². The van der Waals surface area contributed by atoms with Crippen molar-refractivity contribution in [2.75, 3.05) is 14.2 Å². The summed E-state index contributed by atoms with van der Waals surface area (Å²) < 4.78 is 12.2. The van der Waals surface area contributed by atoms with E-state index in [0.717, 1.165) is 28.3 Å². The molecular formula is C26H22N2O3. The van der Waals surface area contributed by atoms with Crippen LogP contribution in [0.5, 0.6) is 11.5 Å². The fraction of sp³-hybridized carbons (Fsp3) is 0.0769. The predicted molar refractivity (Wildman–Crippen MR) is 122 cm³/mol. The van der Waals surface area contributed by atoms with Crippen LogP contribution in [0.3, 0.4) is 0 Å². The minimum Gasteiger partial charge on any atom is -0.497 e. The lowest BCUT2D eigenvalue weighted by Gasteiger charge is -2.03. The number of ether oxygens (including phenoxy) is 2. The van der Waals surface area contributed by atoms with Gasteiger partial charge in [0.1, 0.15) is 11.5 Å². The van der Waals surface area contributed by atoms with E-state index in [1.54, 1.807) is 50.6 Å². The van der Waals surface area contributed by atoms with Gasteiger partial charge < -0.3 is 9.47 Å². The molecular weight excluding hydrogens is 388 g/mol. The maximum Gasteiger partial charge on any atom is 0.185 e. The number of aromatic nitrogens is 2. The van der Waals surface area contributed by atoms with Crippen LogP contribution in [0.1, 0.15) is 15.9 Å². The molecule has 0 bridgehead atoms. The first-order valence-corrected chi connectivity index (χ1v) is 9.84. The Morgan fingerprint density at radius 2 is 1.45 bits per heavy atom. The summed E-state index contributed by atoms with van der Waals surface area (Å²) in [6.07, 6.45) is 5.30. The van der Waals surface area contributed by atoms with Crippen molar-refractivity contribution in [2.24, 2.45) is 0 Å². The summed E-state index contributed by atoms with van der Waals surface area (Å²) in [5, 5.41) is 4.78. The van der Waals surface area contributed by atoms with Crippen LogP contribution in [0.2, 0.25) is 0 Å². The number of nitrogens with zero attached hydrogens (tertiary/aromatic N) is 2. The standard InChI is InChI=1S/C26H22N2O3/c1-30-23-13-8-19(9-14-23)25(29)17-12-21-18-28(22-6-4-3-5-7-22)27-26(21)20-10-15-24(31-2)16-11-20/h3-18H,1-2H3/b17-12-. The lowest BCUT2D eigenvalue weighted by Crippen LogP contribution is -1.94. The fourth-order valence-corrected chi connectivity index (χ4v) is 3.21. The summed E-state index contributed by atoms with van der Waals surface area (Å²) >= 11 is 0. The minimum atomic E-state index is -0.0872. The van der Waals surface area contributed by atoms with E-state index in [9.17, 15) is 4.79 Å². The van der Waals surface area contributed by atoms with Crippen LogP contribution in [-0.2, 0) is 0 Å². The van der Waals surface area contributed by atoms with Gasteiger partial charge in [0.25, 0.3) is 0 Å². The molecule has 0 fully saturated rings. The molecule has 0 spiro atoms. The van der Waals surface area contributed by atoms with Crippen molar-refractivity contribution in [3.05, 3.63) is 102 Å². The Morgan fingerprint density at radius 1 is 0.839 bits per heavy atom. The van der Waals surface area contributed by atoms with Crippen LogP contribution in [0.15, 0.2) is 91.1 Å². The second kappa shape index (κ2) is 9.13. The smallest absolute Gasteiger partial charge is 0.185 e. The lowest BCUT2D eigenvalue weighted by atomic mass is 10.1. The van der Waals surface area contributed by atoms with Crippen molar-refractivity contribution in [3.63, 3.8) is 0 Å². The Bertz CT molecular complexity index is 1190. The summed E-state index contributed by atoms with van der Waals surface area (Å²) in [5.41, 5.74) is 4.10. The number of allylic oxidation sites excluding steroid dienone is 1. The summed E-state index contributed by atoms with van der Waals surface area (Å²) in [5.74, 6) is 1.40. The van der Waals surface area contributed by atoms with Crippen LogP contribution < -0.4 is 9.47 Å². The van der Waals surface area contributed by atoms with Gasteiger partial charge >= 0.3 is 0 Å². The molecule has 4 rings (SSSR count). The SMILES string of the molecule is COc1ccc(C(=O)/C=C\c2cn(-c3ccccc3)nc2-c2ccc(OC)cc2)cc1. The van der Waals surface area contributed by atoms with Crippen LogP contribution in [0.4, 0.5) is 0 Å².